The van der Waals surface area contributed by atoms with E-state index in [4.69, 9.17) is 0 Å². The molecule has 1 rings (SSSR count). The molecule has 0 aliphatic carbocycles. The number of aromatic nitrogens is 2. The lowest BCUT2D eigenvalue weighted by atomic mass is 10.2. The molecule has 0 unspecified atom stereocenters. The third kappa shape index (κ3) is 4.25. The van der Waals surface area contributed by atoms with Crippen LogP contribution in [0.4, 0.5) is 13.2 Å². The smallest absolute Gasteiger partial charge is 0.312 e. The second-order valence-corrected chi connectivity index (χ2v) is 4.54. The predicted molar refractivity (Wildman–Crippen MR) is 63.0 cm³/mol. The Balaban J connectivity index is 2.89. The summed E-state index contributed by atoms with van der Waals surface area (Å²) >= 11 is 0. The van der Waals surface area contributed by atoms with E-state index in [0.717, 1.165) is 0 Å². The third-order valence-corrected chi connectivity index (χ3v) is 2.37. The zero-order chi connectivity index (χ0) is 13.8. The van der Waals surface area contributed by atoms with Gasteiger partial charge in [-0.2, -0.15) is 13.2 Å². The van der Waals surface area contributed by atoms with Gasteiger partial charge in [0.25, 0.3) is 0 Å². The number of alkyl halides is 3. The van der Waals surface area contributed by atoms with E-state index in [9.17, 15) is 13.2 Å². The highest BCUT2D eigenvalue weighted by molar-refractivity contribution is 5.20. The number of rotatable bonds is 5. The molecule has 0 aliphatic rings. The van der Waals surface area contributed by atoms with Gasteiger partial charge in [0, 0.05) is 24.7 Å². The van der Waals surface area contributed by atoms with Gasteiger partial charge >= 0.3 is 6.18 Å². The molecule has 18 heavy (non-hydrogen) atoms. The molecular formula is C12H18F3N3. The van der Waals surface area contributed by atoms with Gasteiger partial charge in [0.2, 0.25) is 0 Å². The molecule has 3 nitrogen and oxygen atoms in total. The average molecular weight is 261 g/mol. The summed E-state index contributed by atoms with van der Waals surface area (Å²) in [6, 6.07) is 0. The number of halogens is 3. The number of hydrogen-bond acceptors (Lipinski definition) is 3. The van der Waals surface area contributed by atoms with Crippen LogP contribution < -0.4 is 5.32 Å². The molecule has 0 spiro atoms. The first-order valence-corrected chi connectivity index (χ1v) is 5.97. The first-order valence-electron chi connectivity index (χ1n) is 5.97. The summed E-state index contributed by atoms with van der Waals surface area (Å²) in [4.78, 5) is 7.50. The Labute approximate surface area is 105 Å². The van der Waals surface area contributed by atoms with Crippen LogP contribution in [0.5, 0.6) is 0 Å². The minimum absolute atomic E-state index is 0.0975. The molecule has 0 amide bonds. The maximum atomic E-state index is 12.8. The maximum Gasteiger partial charge on any atom is 0.433 e. The molecule has 0 saturated heterocycles. The molecule has 6 heteroatoms. The highest BCUT2D eigenvalue weighted by atomic mass is 19.4. The van der Waals surface area contributed by atoms with Gasteiger partial charge in [0.05, 0.1) is 0 Å². The maximum absolute atomic E-state index is 12.8. The van der Waals surface area contributed by atoms with Gasteiger partial charge < -0.3 is 5.32 Å². The van der Waals surface area contributed by atoms with Crippen LogP contribution in [0.2, 0.25) is 0 Å². The normalized spacial score (nSPS) is 12.2. The largest absolute Gasteiger partial charge is 0.433 e. The first-order chi connectivity index (χ1) is 8.34. The van der Waals surface area contributed by atoms with Crippen molar-refractivity contribution in [2.24, 2.45) is 5.92 Å². The fourth-order valence-corrected chi connectivity index (χ4v) is 1.48. The van der Waals surface area contributed by atoms with Crippen molar-refractivity contribution in [3.8, 4) is 0 Å². The molecular weight excluding hydrogens is 243 g/mol. The summed E-state index contributed by atoms with van der Waals surface area (Å²) in [7, 11) is 0. The molecule has 0 aliphatic heterocycles. The van der Waals surface area contributed by atoms with Gasteiger partial charge in [0.15, 0.2) is 5.69 Å². The van der Waals surface area contributed by atoms with E-state index in [2.05, 4.69) is 15.3 Å². The molecule has 0 bridgehead atoms. The fraction of sp³-hybridized carbons (Fsp3) is 0.667. The van der Waals surface area contributed by atoms with Gasteiger partial charge in [-0.15, -0.1) is 0 Å². The number of hydrogen-bond donors (Lipinski definition) is 1. The van der Waals surface area contributed by atoms with Gasteiger partial charge in [-0.3, -0.25) is 0 Å². The summed E-state index contributed by atoms with van der Waals surface area (Å²) < 4.78 is 38.5. The minimum Gasteiger partial charge on any atom is -0.312 e. The quantitative estimate of drug-likeness (QED) is 0.885. The van der Waals surface area contributed by atoms with Gasteiger partial charge in [-0.05, 0) is 12.5 Å². The fourth-order valence-electron chi connectivity index (χ4n) is 1.48. The zero-order valence-corrected chi connectivity index (χ0v) is 10.8. The summed E-state index contributed by atoms with van der Waals surface area (Å²) in [5, 5.41) is 2.97. The Kier molecular flexibility index (Phi) is 5.07. The lowest BCUT2D eigenvalue weighted by molar-refractivity contribution is -0.142. The van der Waals surface area contributed by atoms with Crippen LogP contribution in [0.25, 0.3) is 0 Å². The zero-order valence-electron chi connectivity index (χ0n) is 10.8. The molecule has 0 fully saturated rings. The van der Waals surface area contributed by atoms with E-state index in [1.807, 2.05) is 13.8 Å². The molecule has 1 aromatic heterocycles. The molecule has 102 valence electrons. The second kappa shape index (κ2) is 6.13. The monoisotopic (exact) mass is 261 g/mol. The Morgan fingerprint density at radius 1 is 1.33 bits per heavy atom. The number of nitrogens with one attached hydrogen (secondary N) is 1. The second-order valence-electron chi connectivity index (χ2n) is 4.54. The van der Waals surface area contributed by atoms with Crippen LogP contribution in [0.3, 0.4) is 0 Å². The van der Waals surface area contributed by atoms with E-state index in [1.165, 1.54) is 6.20 Å². The Hall–Kier alpha value is -1.17. The number of aryl methyl sites for hydroxylation is 1. The summed E-state index contributed by atoms with van der Waals surface area (Å²) in [6.45, 7) is 6.51. The van der Waals surface area contributed by atoms with E-state index >= 15 is 0 Å². The predicted octanol–water partition coefficient (Wildman–Crippen LogP) is 2.80. The van der Waals surface area contributed by atoms with Crippen molar-refractivity contribution in [2.75, 3.05) is 6.54 Å². The summed E-state index contributed by atoms with van der Waals surface area (Å²) in [5.74, 6) is 0.602. The van der Waals surface area contributed by atoms with Crippen molar-refractivity contribution >= 4 is 0 Å². The Morgan fingerprint density at radius 2 is 2.00 bits per heavy atom. The molecule has 0 saturated carbocycles. The highest BCUT2D eigenvalue weighted by Crippen LogP contribution is 2.30. The Morgan fingerprint density at radius 3 is 2.50 bits per heavy atom. The topological polar surface area (TPSA) is 37.8 Å². The third-order valence-electron chi connectivity index (χ3n) is 2.37. The van der Waals surface area contributed by atoms with Crippen LogP contribution in [0.1, 0.15) is 37.9 Å². The van der Waals surface area contributed by atoms with Crippen molar-refractivity contribution < 1.29 is 13.2 Å². The average Bonchev–Trinajstić information content (AvgIpc) is 2.27. The van der Waals surface area contributed by atoms with Crippen LogP contribution in [-0.2, 0) is 19.1 Å². The molecule has 0 radical (unpaired) electrons. The highest BCUT2D eigenvalue weighted by Gasteiger charge is 2.35. The van der Waals surface area contributed by atoms with Crippen molar-refractivity contribution in [2.45, 2.75) is 39.9 Å². The summed E-state index contributed by atoms with van der Waals surface area (Å²) in [5.41, 5.74) is -0.731. The van der Waals surface area contributed by atoms with Crippen LogP contribution in [-0.4, -0.2) is 16.5 Å². The van der Waals surface area contributed by atoms with Crippen molar-refractivity contribution in [3.05, 3.63) is 23.3 Å². The molecule has 0 atom stereocenters. The lowest BCUT2D eigenvalue weighted by Crippen LogP contribution is -2.23. The van der Waals surface area contributed by atoms with Crippen LogP contribution >= 0.6 is 0 Å². The first kappa shape index (κ1) is 14.9. The van der Waals surface area contributed by atoms with Gasteiger partial charge in [0.1, 0.15) is 5.82 Å². The van der Waals surface area contributed by atoms with E-state index in [1.54, 1.807) is 6.92 Å². The number of nitrogens with zero attached hydrogens (tertiary/aromatic N) is 2. The van der Waals surface area contributed by atoms with Crippen LogP contribution in [0.15, 0.2) is 6.20 Å². The van der Waals surface area contributed by atoms with Gasteiger partial charge in [-0.25, -0.2) is 9.97 Å². The van der Waals surface area contributed by atoms with E-state index in [-0.39, 0.29) is 17.9 Å². The minimum atomic E-state index is -4.43. The SMILES string of the molecule is CCc1ncc(CNCC(C)C)c(C(F)(F)F)n1. The molecule has 1 aromatic rings. The van der Waals surface area contributed by atoms with Crippen molar-refractivity contribution in [1.29, 1.82) is 0 Å². The standard InChI is InChI=1S/C12H18F3N3/c1-4-10-17-7-9(6-16-5-8(2)3)11(18-10)12(13,14)15/h7-8,16H,4-6H2,1-3H3. The lowest BCUT2D eigenvalue weighted by Gasteiger charge is -2.13. The van der Waals surface area contributed by atoms with Crippen molar-refractivity contribution in [3.63, 3.8) is 0 Å². The van der Waals surface area contributed by atoms with Gasteiger partial charge in [-0.1, -0.05) is 20.8 Å². The molecule has 0 aromatic carbocycles. The van der Waals surface area contributed by atoms with Crippen LogP contribution in [0, 0.1) is 5.92 Å². The Bertz CT molecular complexity index is 389. The molecule has 1 N–H and O–H groups in total. The van der Waals surface area contributed by atoms with Crippen molar-refractivity contribution in [1.82, 2.24) is 15.3 Å². The van der Waals surface area contributed by atoms with E-state index in [0.29, 0.717) is 18.9 Å². The summed E-state index contributed by atoms with van der Waals surface area (Å²) in [6.07, 6.45) is -2.77. The molecule has 1 heterocycles. The van der Waals surface area contributed by atoms with E-state index < -0.39 is 11.9 Å².